The van der Waals surface area contributed by atoms with Crippen LogP contribution in [-0.4, -0.2) is 31.2 Å². The maximum Gasteiger partial charge on any atom is 0.266 e. The molecule has 0 aliphatic heterocycles. The minimum Gasteiger partial charge on any atom is -0.395 e. The first-order valence-electron chi connectivity index (χ1n) is 8.99. The summed E-state index contributed by atoms with van der Waals surface area (Å²) in [5.41, 5.74) is 1.63. The van der Waals surface area contributed by atoms with Crippen LogP contribution in [0, 0.1) is 4.91 Å². The Kier molecular flexibility index (Phi) is 5.24. The van der Waals surface area contributed by atoms with Gasteiger partial charge in [-0.05, 0) is 53.4 Å². The molecule has 30 heavy (non-hydrogen) atoms. The Morgan fingerprint density at radius 3 is 2.57 bits per heavy atom. The standard InChI is InChI=1S/C20H17N3O5S2/c1-11(10-24)23-30(27,28)13-4-2-12(3-5-13)17-16(22-26)7-6-15-18(17)14-8-9-29-19(14)20(25)21-15/h2-9,11,23-24H,10H2,1H3,(H,21,25). The van der Waals surface area contributed by atoms with Gasteiger partial charge < -0.3 is 10.1 Å². The molecule has 1 unspecified atom stereocenters. The second-order valence-corrected chi connectivity index (χ2v) is 9.45. The first-order chi connectivity index (χ1) is 14.4. The number of H-pyrrole nitrogens is 1. The van der Waals surface area contributed by atoms with Gasteiger partial charge in [-0.2, -0.15) is 0 Å². The third-order valence-corrected chi connectivity index (χ3v) is 7.27. The first kappa shape index (κ1) is 20.4. The van der Waals surface area contributed by atoms with Crippen LogP contribution in [0.15, 0.2) is 62.7 Å². The normalized spacial score (nSPS) is 13.0. The predicted molar refractivity (Wildman–Crippen MR) is 118 cm³/mol. The minimum absolute atomic E-state index is 0.0292. The maximum absolute atomic E-state index is 12.4. The number of thiophene rings is 1. The van der Waals surface area contributed by atoms with Crippen LogP contribution in [0.5, 0.6) is 0 Å². The van der Waals surface area contributed by atoms with Gasteiger partial charge in [-0.15, -0.1) is 16.2 Å². The lowest BCUT2D eigenvalue weighted by atomic mass is 9.97. The largest absolute Gasteiger partial charge is 0.395 e. The van der Waals surface area contributed by atoms with E-state index >= 15 is 0 Å². The number of aliphatic hydroxyl groups is 1. The van der Waals surface area contributed by atoms with Crippen molar-refractivity contribution in [2.45, 2.75) is 17.9 Å². The van der Waals surface area contributed by atoms with Gasteiger partial charge in [0.2, 0.25) is 10.0 Å². The van der Waals surface area contributed by atoms with Crippen molar-refractivity contribution in [2.75, 3.05) is 6.61 Å². The molecule has 0 spiro atoms. The average molecular weight is 444 g/mol. The number of nitrogens with zero attached hydrogens (tertiary/aromatic N) is 1. The van der Waals surface area contributed by atoms with Gasteiger partial charge in [0.15, 0.2) is 0 Å². The molecule has 10 heteroatoms. The number of benzene rings is 2. The average Bonchev–Trinajstić information content (AvgIpc) is 3.23. The number of pyridine rings is 1. The van der Waals surface area contributed by atoms with E-state index in [2.05, 4.69) is 14.9 Å². The summed E-state index contributed by atoms with van der Waals surface area (Å²) >= 11 is 1.30. The van der Waals surface area contributed by atoms with Crippen LogP contribution in [0.25, 0.3) is 32.1 Å². The fourth-order valence-electron chi connectivity index (χ4n) is 3.38. The summed E-state index contributed by atoms with van der Waals surface area (Å²) in [7, 11) is -3.80. The van der Waals surface area contributed by atoms with Crippen molar-refractivity contribution in [1.82, 2.24) is 9.71 Å². The van der Waals surface area contributed by atoms with Crippen LogP contribution in [-0.2, 0) is 10.0 Å². The van der Waals surface area contributed by atoms with Crippen molar-refractivity contribution in [3.63, 3.8) is 0 Å². The molecule has 0 bridgehead atoms. The topological polar surface area (TPSA) is 129 Å². The number of aromatic amines is 1. The molecule has 8 nitrogen and oxygen atoms in total. The molecule has 1 atom stereocenters. The number of hydrogen-bond acceptors (Lipinski definition) is 7. The predicted octanol–water partition coefficient (Wildman–Crippen LogP) is 3.47. The van der Waals surface area contributed by atoms with Gasteiger partial charge >= 0.3 is 0 Å². The summed E-state index contributed by atoms with van der Waals surface area (Å²) in [6, 6.07) is 10.4. The summed E-state index contributed by atoms with van der Waals surface area (Å²) in [6.45, 7) is 1.23. The van der Waals surface area contributed by atoms with Gasteiger partial charge in [0.05, 0.1) is 11.5 Å². The first-order valence-corrected chi connectivity index (χ1v) is 11.3. The zero-order chi connectivity index (χ0) is 21.5. The molecule has 0 fully saturated rings. The smallest absolute Gasteiger partial charge is 0.266 e. The molecule has 0 aliphatic rings. The Labute approximate surface area is 175 Å². The van der Waals surface area contributed by atoms with Crippen LogP contribution >= 0.6 is 11.3 Å². The lowest BCUT2D eigenvalue weighted by Gasteiger charge is -2.13. The van der Waals surface area contributed by atoms with Crippen molar-refractivity contribution < 1.29 is 13.5 Å². The number of sulfonamides is 1. The molecule has 3 N–H and O–H groups in total. The Balaban J connectivity index is 1.92. The van der Waals surface area contributed by atoms with Gasteiger partial charge in [-0.3, -0.25) is 4.79 Å². The molecule has 154 valence electrons. The SMILES string of the molecule is CC(CO)NS(=O)(=O)c1ccc(-c2c(N=O)ccc3[nH]c(=O)c4sccc4c23)cc1. The van der Waals surface area contributed by atoms with E-state index in [0.717, 1.165) is 0 Å². The second-order valence-electron chi connectivity index (χ2n) is 6.82. The van der Waals surface area contributed by atoms with E-state index in [-0.39, 0.29) is 22.7 Å². The Hall–Kier alpha value is -2.92. The molecule has 2 aromatic heterocycles. The van der Waals surface area contributed by atoms with E-state index in [1.165, 1.54) is 29.5 Å². The van der Waals surface area contributed by atoms with E-state index in [4.69, 9.17) is 5.11 Å². The number of rotatable bonds is 6. The highest BCUT2D eigenvalue weighted by Crippen LogP contribution is 2.40. The Morgan fingerprint density at radius 2 is 1.90 bits per heavy atom. The zero-order valence-corrected chi connectivity index (χ0v) is 17.4. The van der Waals surface area contributed by atoms with Crippen molar-refractivity contribution in [3.05, 3.63) is 63.1 Å². The summed E-state index contributed by atoms with van der Waals surface area (Å²) in [5.74, 6) is 0. The van der Waals surface area contributed by atoms with Gasteiger partial charge in [-0.1, -0.05) is 12.1 Å². The maximum atomic E-state index is 12.4. The Bertz CT molecular complexity index is 1420. The third kappa shape index (κ3) is 3.43. The second kappa shape index (κ2) is 7.73. The summed E-state index contributed by atoms with van der Waals surface area (Å²) < 4.78 is 27.8. The summed E-state index contributed by atoms with van der Waals surface area (Å²) in [5, 5.41) is 15.4. The van der Waals surface area contributed by atoms with Crippen LogP contribution in [0.1, 0.15) is 6.92 Å². The van der Waals surface area contributed by atoms with E-state index < -0.39 is 16.1 Å². The fourth-order valence-corrected chi connectivity index (χ4v) is 5.41. The molecule has 4 aromatic rings. The molecular formula is C20H17N3O5S2. The van der Waals surface area contributed by atoms with Crippen LogP contribution in [0.2, 0.25) is 0 Å². The number of hydrogen-bond donors (Lipinski definition) is 3. The number of nitrogens with one attached hydrogen (secondary N) is 2. The third-order valence-electron chi connectivity index (χ3n) is 4.75. The number of fused-ring (bicyclic) bond motifs is 3. The van der Waals surface area contributed by atoms with E-state index in [0.29, 0.717) is 32.1 Å². The molecule has 0 amide bonds. The van der Waals surface area contributed by atoms with Gasteiger partial charge in [0.1, 0.15) is 10.4 Å². The van der Waals surface area contributed by atoms with Crippen LogP contribution < -0.4 is 10.3 Å². The molecule has 2 heterocycles. The van der Waals surface area contributed by atoms with Crippen molar-refractivity contribution in [3.8, 4) is 11.1 Å². The highest BCUT2D eigenvalue weighted by atomic mass is 32.2. The lowest BCUT2D eigenvalue weighted by molar-refractivity contribution is 0.265. The van der Waals surface area contributed by atoms with Gasteiger partial charge in [0, 0.05) is 27.9 Å². The number of nitroso groups, excluding NO2 is 1. The van der Waals surface area contributed by atoms with Gasteiger partial charge in [-0.25, -0.2) is 13.1 Å². The van der Waals surface area contributed by atoms with Crippen molar-refractivity contribution in [2.24, 2.45) is 5.18 Å². The number of aliphatic hydroxyl groups excluding tert-OH is 1. The van der Waals surface area contributed by atoms with Crippen LogP contribution in [0.3, 0.4) is 0 Å². The molecule has 0 aliphatic carbocycles. The lowest BCUT2D eigenvalue weighted by Crippen LogP contribution is -2.34. The monoisotopic (exact) mass is 443 g/mol. The Morgan fingerprint density at radius 1 is 1.17 bits per heavy atom. The van der Waals surface area contributed by atoms with E-state index in [1.807, 2.05) is 6.07 Å². The number of aromatic nitrogens is 1. The fraction of sp³-hybridized carbons (Fsp3) is 0.150. The van der Waals surface area contributed by atoms with Crippen molar-refractivity contribution in [1.29, 1.82) is 0 Å². The molecule has 0 saturated carbocycles. The quantitative estimate of drug-likeness (QED) is 0.393. The molecule has 0 saturated heterocycles. The van der Waals surface area contributed by atoms with E-state index in [9.17, 15) is 18.1 Å². The zero-order valence-electron chi connectivity index (χ0n) is 15.7. The molecule has 2 aromatic carbocycles. The highest BCUT2D eigenvalue weighted by Gasteiger charge is 2.19. The summed E-state index contributed by atoms with van der Waals surface area (Å²) in [6.07, 6.45) is 0. The van der Waals surface area contributed by atoms with Crippen molar-refractivity contribution >= 4 is 48.0 Å². The molecule has 4 rings (SSSR count). The minimum atomic E-state index is -3.80. The molecular weight excluding hydrogens is 426 g/mol. The summed E-state index contributed by atoms with van der Waals surface area (Å²) in [4.78, 5) is 26.7. The van der Waals surface area contributed by atoms with Crippen LogP contribution in [0.4, 0.5) is 5.69 Å². The highest BCUT2D eigenvalue weighted by molar-refractivity contribution is 7.89. The molecule has 0 radical (unpaired) electrons. The van der Waals surface area contributed by atoms with Gasteiger partial charge in [0.25, 0.3) is 5.56 Å². The van der Waals surface area contributed by atoms with E-state index in [1.54, 1.807) is 30.5 Å².